The van der Waals surface area contributed by atoms with E-state index in [2.05, 4.69) is 132 Å². The Balaban J connectivity index is 1.39. The molecule has 8 aromatic rings. The maximum atomic E-state index is 5.17. The van der Waals surface area contributed by atoms with Crippen LogP contribution >= 0.6 is 0 Å². The monoisotopic (exact) mass is 470 g/mol. The van der Waals surface area contributed by atoms with Crippen LogP contribution in [0.1, 0.15) is 0 Å². The van der Waals surface area contributed by atoms with Crippen LogP contribution in [0, 0.1) is 0 Å². The van der Waals surface area contributed by atoms with Gasteiger partial charge in [0.15, 0.2) is 0 Å². The van der Waals surface area contributed by atoms with Gasteiger partial charge in [-0.3, -0.25) is 4.57 Å². The van der Waals surface area contributed by atoms with E-state index in [9.17, 15) is 0 Å². The molecule has 0 amide bonds. The number of benzene rings is 7. The van der Waals surface area contributed by atoms with Gasteiger partial charge in [-0.2, -0.15) is 0 Å². The summed E-state index contributed by atoms with van der Waals surface area (Å²) in [5.74, 6) is 0.953. The smallest absolute Gasteiger partial charge is 0.145 e. The molecule has 0 bridgehead atoms. The van der Waals surface area contributed by atoms with Gasteiger partial charge in [0.05, 0.1) is 11.0 Å². The summed E-state index contributed by atoms with van der Waals surface area (Å²) in [5, 5.41) is 7.83. The molecule has 0 N–H and O–H groups in total. The molecule has 37 heavy (non-hydrogen) atoms. The lowest BCUT2D eigenvalue weighted by atomic mass is 9.90. The molecule has 0 saturated carbocycles. The molecule has 7 aromatic carbocycles. The molecule has 0 aliphatic rings. The van der Waals surface area contributed by atoms with E-state index in [-0.39, 0.29) is 0 Å². The van der Waals surface area contributed by atoms with Crippen molar-refractivity contribution in [2.45, 2.75) is 0 Å². The van der Waals surface area contributed by atoms with E-state index < -0.39 is 0 Å². The van der Waals surface area contributed by atoms with E-state index in [0.29, 0.717) is 0 Å². The van der Waals surface area contributed by atoms with Gasteiger partial charge in [-0.1, -0.05) is 109 Å². The zero-order valence-corrected chi connectivity index (χ0v) is 20.1. The molecule has 0 saturated heterocycles. The fraction of sp³-hybridized carbons (Fsp3) is 0. The van der Waals surface area contributed by atoms with E-state index in [0.717, 1.165) is 28.1 Å². The minimum absolute atomic E-state index is 0.953. The maximum Gasteiger partial charge on any atom is 0.145 e. The van der Waals surface area contributed by atoms with Gasteiger partial charge in [-0.25, -0.2) is 4.98 Å². The minimum Gasteiger partial charge on any atom is -0.292 e. The number of imidazole rings is 1. The number of nitrogens with zero attached hydrogens (tertiary/aromatic N) is 2. The zero-order chi connectivity index (χ0) is 24.3. The first-order valence-electron chi connectivity index (χ1n) is 12.7. The van der Waals surface area contributed by atoms with E-state index in [1.54, 1.807) is 0 Å². The van der Waals surface area contributed by atoms with Crippen molar-refractivity contribution < 1.29 is 0 Å². The molecule has 1 heterocycles. The Labute approximate surface area is 214 Å². The minimum atomic E-state index is 0.953. The molecular formula is C35H22N2. The molecule has 2 nitrogen and oxygen atoms in total. The second-order valence-electron chi connectivity index (χ2n) is 9.65. The van der Waals surface area contributed by atoms with Crippen LogP contribution in [0.15, 0.2) is 133 Å². The van der Waals surface area contributed by atoms with Gasteiger partial charge in [0.2, 0.25) is 0 Å². The molecule has 0 spiro atoms. The van der Waals surface area contributed by atoms with Crippen molar-refractivity contribution in [3.05, 3.63) is 133 Å². The van der Waals surface area contributed by atoms with Gasteiger partial charge in [-0.05, 0) is 67.7 Å². The van der Waals surface area contributed by atoms with Gasteiger partial charge in [-0.15, -0.1) is 0 Å². The Morgan fingerprint density at radius 2 is 1.16 bits per heavy atom. The largest absolute Gasteiger partial charge is 0.292 e. The topological polar surface area (TPSA) is 17.8 Å². The van der Waals surface area contributed by atoms with Crippen LogP contribution in [-0.4, -0.2) is 9.55 Å². The summed E-state index contributed by atoms with van der Waals surface area (Å²) in [4.78, 5) is 5.17. The molecule has 0 aliphatic heterocycles. The second-order valence-corrected chi connectivity index (χ2v) is 9.65. The Morgan fingerprint density at radius 3 is 1.95 bits per heavy atom. The highest BCUT2D eigenvalue weighted by Crippen LogP contribution is 2.40. The molecule has 0 atom stereocenters. The Morgan fingerprint density at radius 1 is 0.486 bits per heavy atom. The summed E-state index contributed by atoms with van der Waals surface area (Å²) in [6.45, 7) is 0. The van der Waals surface area contributed by atoms with Gasteiger partial charge < -0.3 is 0 Å². The summed E-state index contributed by atoms with van der Waals surface area (Å²) in [6.07, 6.45) is 0. The first-order chi connectivity index (χ1) is 18.3. The molecule has 0 unspecified atom stereocenters. The highest BCUT2D eigenvalue weighted by Gasteiger charge is 2.17. The predicted octanol–water partition coefficient (Wildman–Crippen LogP) is 9.26. The summed E-state index contributed by atoms with van der Waals surface area (Å²) >= 11 is 0. The fourth-order valence-electron chi connectivity index (χ4n) is 5.85. The van der Waals surface area contributed by atoms with Crippen LogP contribution in [0.3, 0.4) is 0 Å². The molecule has 2 heteroatoms. The number of rotatable bonds is 3. The SMILES string of the molecule is c1ccc(-c2nc3cc(-c4ccc5ccc6cccc7ccc4c5c67)ccc3n2-c2ccccc2)cc1. The van der Waals surface area contributed by atoms with Crippen molar-refractivity contribution in [2.75, 3.05) is 0 Å². The predicted molar refractivity (Wildman–Crippen MR) is 156 cm³/mol. The van der Waals surface area contributed by atoms with Crippen LogP contribution in [0.2, 0.25) is 0 Å². The van der Waals surface area contributed by atoms with Crippen molar-refractivity contribution in [1.29, 1.82) is 0 Å². The average Bonchev–Trinajstić information content (AvgIpc) is 3.36. The molecular weight excluding hydrogens is 448 g/mol. The normalized spacial score (nSPS) is 11.8. The summed E-state index contributed by atoms with van der Waals surface area (Å²) in [6, 6.07) is 47.7. The Kier molecular flexibility index (Phi) is 4.26. The summed E-state index contributed by atoms with van der Waals surface area (Å²) in [7, 11) is 0. The fourth-order valence-corrected chi connectivity index (χ4v) is 5.85. The molecule has 0 fully saturated rings. The number of para-hydroxylation sites is 1. The maximum absolute atomic E-state index is 5.17. The van der Waals surface area contributed by atoms with Gasteiger partial charge in [0, 0.05) is 11.3 Å². The molecule has 0 radical (unpaired) electrons. The quantitative estimate of drug-likeness (QED) is 0.235. The van der Waals surface area contributed by atoms with Crippen LogP contribution in [-0.2, 0) is 0 Å². The third-order valence-electron chi connectivity index (χ3n) is 7.54. The second kappa shape index (κ2) is 7.78. The molecule has 1 aromatic heterocycles. The highest BCUT2D eigenvalue weighted by molar-refractivity contribution is 6.25. The van der Waals surface area contributed by atoms with Crippen LogP contribution in [0.25, 0.3) is 71.6 Å². The molecule has 8 rings (SSSR count). The van der Waals surface area contributed by atoms with Gasteiger partial charge in [0.1, 0.15) is 5.82 Å². The van der Waals surface area contributed by atoms with E-state index >= 15 is 0 Å². The van der Waals surface area contributed by atoms with Crippen LogP contribution in [0.5, 0.6) is 0 Å². The average molecular weight is 471 g/mol. The van der Waals surface area contributed by atoms with Crippen LogP contribution in [0.4, 0.5) is 0 Å². The van der Waals surface area contributed by atoms with Crippen molar-refractivity contribution >= 4 is 43.4 Å². The zero-order valence-electron chi connectivity index (χ0n) is 20.1. The third-order valence-corrected chi connectivity index (χ3v) is 7.54. The number of hydrogen-bond donors (Lipinski definition) is 0. The van der Waals surface area contributed by atoms with Gasteiger partial charge >= 0.3 is 0 Å². The molecule has 0 aliphatic carbocycles. The third kappa shape index (κ3) is 3.03. The van der Waals surface area contributed by atoms with E-state index in [4.69, 9.17) is 4.98 Å². The van der Waals surface area contributed by atoms with Crippen LogP contribution < -0.4 is 0 Å². The first-order valence-corrected chi connectivity index (χ1v) is 12.7. The summed E-state index contributed by atoms with van der Waals surface area (Å²) in [5.41, 5.74) is 6.73. The lowest BCUT2D eigenvalue weighted by Crippen LogP contribution is -1.97. The Hall–Kier alpha value is -4.95. The Bertz CT molecular complexity index is 2050. The van der Waals surface area contributed by atoms with Crippen molar-refractivity contribution in [3.8, 4) is 28.2 Å². The lowest BCUT2D eigenvalue weighted by Gasteiger charge is -2.14. The first kappa shape index (κ1) is 20.3. The van der Waals surface area contributed by atoms with Crippen molar-refractivity contribution in [3.63, 3.8) is 0 Å². The summed E-state index contributed by atoms with van der Waals surface area (Å²) < 4.78 is 2.26. The van der Waals surface area contributed by atoms with Gasteiger partial charge in [0.25, 0.3) is 0 Å². The lowest BCUT2D eigenvalue weighted by molar-refractivity contribution is 1.10. The van der Waals surface area contributed by atoms with Crippen molar-refractivity contribution in [1.82, 2.24) is 9.55 Å². The van der Waals surface area contributed by atoms with E-state index in [1.165, 1.54) is 43.4 Å². The standard InChI is InChI=1S/C35H22N2/c1-3-8-26(9-4-1)35-36-31-22-27(18-21-32(31)37(35)28-12-5-2-6-13-28)29-19-16-25-15-14-23-10-7-11-24-17-20-30(29)34(25)33(23)24/h1-22H. The molecule has 172 valence electrons. The van der Waals surface area contributed by atoms with Crippen molar-refractivity contribution in [2.24, 2.45) is 0 Å². The van der Waals surface area contributed by atoms with E-state index in [1.807, 2.05) is 6.07 Å². The number of fused-ring (bicyclic) bond motifs is 1. The number of aromatic nitrogens is 2. The number of hydrogen-bond acceptors (Lipinski definition) is 1. The highest BCUT2D eigenvalue weighted by atomic mass is 15.1.